The van der Waals surface area contributed by atoms with Gasteiger partial charge in [0.2, 0.25) is 11.8 Å². The van der Waals surface area contributed by atoms with Crippen LogP contribution in [0.15, 0.2) is 24.3 Å². The topological polar surface area (TPSA) is 61.4 Å². The lowest BCUT2D eigenvalue weighted by Gasteiger charge is -2.31. The molecule has 2 fully saturated rings. The van der Waals surface area contributed by atoms with Gasteiger partial charge in [-0.3, -0.25) is 14.5 Å². The molecule has 5 heteroatoms. The molecule has 0 aromatic heterocycles. The second-order valence-electron chi connectivity index (χ2n) is 8.13. The van der Waals surface area contributed by atoms with Gasteiger partial charge in [0.25, 0.3) is 0 Å². The van der Waals surface area contributed by atoms with Crippen molar-refractivity contribution < 1.29 is 9.59 Å². The summed E-state index contributed by atoms with van der Waals surface area (Å²) >= 11 is 0. The SMILES string of the molecule is CCCNC(=O)C1CCN(CC(=O)NC(c2ccc(C)cc2)C2CC2)CC1. The summed E-state index contributed by atoms with van der Waals surface area (Å²) in [6.45, 7) is 6.96. The van der Waals surface area contributed by atoms with E-state index >= 15 is 0 Å². The van der Waals surface area contributed by atoms with Crippen LogP contribution in [0.5, 0.6) is 0 Å². The van der Waals surface area contributed by atoms with Gasteiger partial charge in [-0.1, -0.05) is 36.8 Å². The summed E-state index contributed by atoms with van der Waals surface area (Å²) in [5.74, 6) is 0.947. The van der Waals surface area contributed by atoms with Crippen molar-refractivity contribution in [1.82, 2.24) is 15.5 Å². The fraction of sp³-hybridized carbons (Fsp3) is 0.636. The fourth-order valence-electron chi connectivity index (χ4n) is 3.84. The number of nitrogens with one attached hydrogen (secondary N) is 2. The van der Waals surface area contributed by atoms with Crippen LogP contribution in [0.4, 0.5) is 0 Å². The number of nitrogens with zero attached hydrogens (tertiary/aromatic N) is 1. The van der Waals surface area contributed by atoms with Crippen LogP contribution in [0.2, 0.25) is 0 Å². The number of hydrogen-bond donors (Lipinski definition) is 2. The Bertz CT molecular complexity index is 631. The summed E-state index contributed by atoms with van der Waals surface area (Å²) < 4.78 is 0. The molecule has 1 saturated carbocycles. The summed E-state index contributed by atoms with van der Waals surface area (Å²) in [5.41, 5.74) is 2.45. The minimum absolute atomic E-state index is 0.0985. The van der Waals surface area contributed by atoms with Crippen LogP contribution in [0.1, 0.15) is 56.2 Å². The standard InChI is InChI=1S/C22H33N3O2/c1-3-12-23-22(27)19-10-13-25(14-11-19)15-20(26)24-21(18-8-9-18)17-6-4-16(2)5-7-17/h4-7,18-19,21H,3,8-15H2,1-2H3,(H,23,27)(H,24,26). The van der Waals surface area contributed by atoms with Crippen LogP contribution in [0.25, 0.3) is 0 Å². The smallest absolute Gasteiger partial charge is 0.234 e. The van der Waals surface area contributed by atoms with E-state index in [4.69, 9.17) is 0 Å². The van der Waals surface area contributed by atoms with Gasteiger partial charge < -0.3 is 10.6 Å². The molecule has 1 saturated heterocycles. The zero-order chi connectivity index (χ0) is 19.2. The normalized spacial score (nSPS) is 19.5. The monoisotopic (exact) mass is 371 g/mol. The third-order valence-electron chi connectivity index (χ3n) is 5.72. The number of benzene rings is 1. The molecule has 2 N–H and O–H groups in total. The molecule has 148 valence electrons. The molecule has 1 aromatic rings. The van der Waals surface area contributed by atoms with Crippen molar-refractivity contribution in [2.75, 3.05) is 26.2 Å². The number of carbonyl (C=O) groups excluding carboxylic acids is 2. The number of hydrogen-bond acceptors (Lipinski definition) is 3. The van der Waals surface area contributed by atoms with Gasteiger partial charge in [0.1, 0.15) is 0 Å². The Hall–Kier alpha value is -1.88. The zero-order valence-corrected chi connectivity index (χ0v) is 16.7. The molecule has 3 rings (SSSR count). The Balaban J connectivity index is 1.46. The highest BCUT2D eigenvalue weighted by atomic mass is 16.2. The molecule has 1 aliphatic carbocycles. The van der Waals surface area contributed by atoms with E-state index in [1.807, 2.05) is 0 Å². The number of rotatable bonds is 8. The van der Waals surface area contributed by atoms with E-state index in [9.17, 15) is 9.59 Å². The van der Waals surface area contributed by atoms with Crippen LogP contribution < -0.4 is 10.6 Å². The zero-order valence-electron chi connectivity index (χ0n) is 16.7. The number of carbonyl (C=O) groups is 2. The van der Waals surface area contributed by atoms with E-state index in [1.165, 1.54) is 24.0 Å². The van der Waals surface area contributed by atoms with Gasteiger partial charge in [-0.25, -0.2) is 0 Å². The highest BCUT2D eigenvalue weighted by Gasteiger charge is 2.34. The number of aryl methyl sites for hydroxylation is 1. The van der Waals surface area contributed by atoms with Gasteiger partial charge in [0.15, 0.2) is 0 Å². The van der Waals surface area contributed by atoms with Crippen molar-refractivity contribution in [3.05, 3.63) is 35.4 Å². The van der Waals surface area contributed by atoms with Crippen molar-refractivity contribution in [3.63, 3.8) is 0 Å². The summed E-state index contributed by atoms with van der Waals surface area (Å²) in [7, 11) is 0. The van der Waals surface area contributed by atoms with E-state index in [2.05, 4.69) is 53.6 Å². The van der Waals surface area contributed by atoms with E-state index < -0.39 is 0 Å². The van der Waals surface area contributed by atoms with Gasteiger partial charge >= 0.3 is 0 Å². The highest BCUT2D eigenvalue weighted by molar-refractivity contribution is 5.79. The van der Waals surface area contributed by atoms with Crippen molar-refractivity contribution in [2.45, 2.75) is 52.0 Å². The summed E-state index contributed by atoms with van der Waals surface area (Å²) in [4.78, 5) is 26.9. The largest absolute Gasteiger partial charge is 0.356 e. The van der Waals surface area contributed by atoms with Crippen LogP contribution in [0, 0.1) is 18.8 Å². The lowest BCUT2D eigenvalue weighted by molar-refractivity contribution is -0.127. The van der Waals surface area contributed by atoms with Crippen molar-refractivity contribution in [2.24, 2.45) is 11.8 Å². The Morgan fingerprint density at radius 3 is 2.37 bits per heavy atom. The Morgan fingerprint density at radius 2 is 1.78 bits per heavy atom. The highest BCUT2D eigenvalue weighted by Crippen LogP contribution is 2.41. The van der Waals surface area contributed by atoms with Gasteiger partial charge in [-0.2, -0.15) is 0 Å². The predicted octanol–water partition coefficient (Wildman–Crippen LogP) is 2.80. The van der Waals surface area contributed by atoms with E-state index in [0.717, 1.165) is 38.9 Å². The maximum Gasteiger partial charge on any atom is 0.234 e. The maximum absolute atomic E-state index is 12.6. The minimum Gasteiger partial charge on any atom is -0.356 e. The van der Waals surface area contributed by atoms with Crippen molar-refractivity contribution in [3.8, 4) is 0 Å². The number of piperidine rings is 1. The quantitative estimate of drug-likeness (QED) is 0.739. The third-order valence-corrected chi connectivity index (χ3v) is 5.72. The molecule has 1 aliphatic heterocycles. The molecule has 0 bridgehead atoms. The van der Waals surface area contributed by atoms with Gasteiger partial charge in [-0.05, 0) is 63.6 Å². The second-order valence-corrected chi connectivity index (χ2v) is 8.13. The molecule has 27 heavy (non-hydrogen) atoms. The molecule has 1 unspecified atom stereocenters. The second kappa shape index (κ2) is 9.36. The molecule has 1 aromatic carbocycles. The lowest BCUT2D eigenvalue weighted by Crippen LogP contribution is -2.45. The molecule has 5 nitrogen and oxygen atoms in total. The number of amides is 2. The van der Waals surface area contributed by atoms with Crippen LogP contribution >= 0.6 is 0 Å². The Morgan fingerprint density at radius 1 is 1.11 bits per heavy atom. The number of likely N-dealkylation sites (tertiary alicyclic amines) is 1. The van der Waals surface area contributed by atoms with Crippen molar-refractivity contribution in [1.29, 1.82) is 0 Å². The summed E-state index contributed by atoms with van der Waals surface area (Å²) in [6.07, 6.45) is 5.03. The first-order valence-corrected chi connectivity index (χ1v) is 10.4. The average Bonchev–Trinajstić information content (AvgIpc) is 3.51. The van der Waals surface area contributed by atoms with Crippen LogP contribution in [-0.2, 0) is 9.59 Å². The summed E-state index contributed by atoms with van der Waals surface area (Å²) in [6, 6.07) is 8.64. The molecular weight excluding hydrogens is 338 g/mol. The van der Waals surface area contributed by atoms with Gasteiger partial charge in [0, 0.05) is 12.5 Å². The van der Waals surface area contributed by atoms with Crippen molar-refractivity contribution >= 4 is 11.8 Å². The lowest BCUT2D eigenvalue weighted by atomic mass is 9.96. The Labute approximate surface area is 162 Å². The van der Waals surface area contributed by atoms with Gasteiger partial charge in [0.05, 0.1) is 12.6 Å². The molecular formula is C22H33N3O2. The average molecular weight is 372 g/mol. The molecule has 0 spiro atoms. The first-order chi connectivity index (χ1) is 13.1. The van der Waals surface area contributed by atoms with Gasteiger partial charge in [-0.15, -0.1) is 0 Å². The Kier molecular flexibility index (Phi) is 6.89. The first-order valence-electron chi connectivity index (χ1n) is 10.4. The first kappa shape index (κ1) is 19.9. The maximum atomic E-state index is 12.6. The van der Waals surface area contributed by atoms with Crippen LogP contribution in [-0.4, -0.2) is 42.9 Å². The molecule has 1 atom stereocenters. The molecule has 1 heterocycles. The summed E-state index contributed by atoms with van der Waals surface area (Å²) in [5, 5.41) is 6.25. The third kappa shape index (κ3) is 5.80. The predicted molar refractivity (Wildman–Crippen MR) is 107 cm³/mol. The van der Waals surface area contributed by atoms with E-state index in [1.54, 1.807) is 0 Å². The molecule has 2 amide bonds. The fourth-order valence-corrected chi connectivity index (χ4v) is 3.84. The van der Waals surface area contributed by atoms with E-state index in [-0.39, 0.29) is 23.8 Å². The molecule has 0 radical (unpaired) electrons. The van der Waals surface area contributed by atoms with Crippen LogP contribution in [0.3, 0.4) is 0 Å². The van der Waals surface area contributed by atoms with E-state index in [0.29, 0.717) is 12.5 Å². The minimum atomic E-state index is 0.0985. The molecule has 2 aliphatic rings.